The highest BCUT2D eigenvalue weighted by molar-refractivity contribution is 5.77. The van der Waals surface area contributed by atoms with Crippen molar-refractivity contribution in [2.24, 2.45) is 11.7 Å². The van der Waals surface area contributed by atoms with Gasteiger partial charge in [-0.2, -0.15) is 0 Å². The van der Waals surface area contributed by atoms with E-state index < -0.39 is 0 Å². The zero-order valence-corrected chi connectivity index (χ0v) is 12.1. The van der Waals surface area contributed by atoms with Crippen LogP contribution in [0.5, 0.6) is 0 Å². The van der Waals surface area contributed by atoms with Gasteiger partial charge in [0.15, 0.2) is 0 Å². The molecule has 2 atom stereocenters. The van der Waals surface area contributed by atoms with Crippen LogP contribution in [0.15, 0.2) is 0 Å². The summed E-state index contributed by atoms with van der Waals surface area (Å²) >= 11 is 0. The number of hydrogen-bond donors (Lipinski definition) is 2. The minimum absolute atomic E-state index is 0.0259. The molecule has 0 radical (unpaired) electrons. The lowest BCUT2D eigenvalue weighted by Crippen LogP contribution is -2.47. The van der Waals surface area contributed by atoms with E-state index in [1.54, 1.807) is 0 Å². The van der Waals surface area contributed by atoms with E-state index in [0.717, 1.165) is 32.1 Å². The van der Waals surface area contributed by atoms with Crippen LogP contribution in [0.25, 0.3) is 0 Å². The number of nitrogens with two attached hydrogens (primary N) is 1. The molecular formula is C15H28N2O2. The fourth-order valence-electron chi connectivity index (χ4n) is 3.55. The predicted octanol–water partition coefficient (Wildman–Crippen LogP) is 1.97. The van der Waals surface area contributed by atoms with Crippen molar-refractivity contribution < 1.29 is 9.53 Å². The first kappa shape index (κ1) is 14.8. The maximum absolute atomic E-state index is 11.9. The largest absolute Gasteiger partial charge is 0.364 e. The highest BCUT2D eigenvalue weighted by Gasteiger charge is 2.35. The lowest BCUT2D eigenvalue weighted by atomic mass is 9.79. The Labute approximate surface area is 116 Å². The SMILES string of the molecule is CC1CCCC(CN)(OCC(=O)NC2CCCC2)C1. The zero-order chi connectivity index (χ0) is 13.7. The average Bonchev–Trinajstić information content (AvgIpc) is 2.89. The Hall–Kier alpha value is -0.610. The summed E-state index contributed by atoms with van der Waals surface area (Å²) in [6, 6.07) is 0.371. The Balaban J connectivity index is 1.76. The Morgan fingerprint density at radius 2 is 2.05 bits per heavy atom. The van der Waals surface area contributed by atoms with Gasteiger partial charge in [-0.05, 0) is 31.6 Å². The van der Waals surface area contributed by atoms with E-state index in [1.807, 2.05) is 0 Å². The third-order valence-corrected chi connectivity index (χ3v) is 4.65. The summed E-state index contributed by atoms with van der Waals surface area (Å²) in [6.07, 6.45) is 9.08. The summed E-state index contributed by atoms with van der Waals surface area (Å²) in [6.45, 7) is 2.93. The monoisotopic (exact) mass is 268 g/mol. The van der Waals surface area contributed by atoms with Crippen LogP contribution in [0.3, 0.4) is 0 Å². The molecule has 4 heteroatoms. The van der Waals surface area contributed by atoms with Crippen LogP contribution in [0.1, 0.15) is 58.3 Å². The Bertz CT molecular complexity index is 303. The normalized spacial score (nSPS) is 32.4. The van der Waals surface area contributed by atoms with Gasteiger partial charge in [-0.15, -0.1) is 0 Å². The van der Waals surface area contributed by atoms with Crippen molar-refractivity contribution in [1.82, 2.24) is 5.32 Å². The van der Waals surface area contributed by atoms with E-state index in [4.69, 9.17) is 10.5 Å². The molecule has 19 heavy (non-hydrogen) atoms. The number of rotatable bonds is 5. The second kappa shape index (κ2) is 6.71. The predicted molar refractivity (Wildman–Crippen MR) is 75.8 cm³/mol. The molecule has 2 rings (SSSR count). The molecule has 0 aromatic rings. The number of ether oxygens (including phenoxy) is 1. The lowest BCUT2D eigenvalue weighted by Gasteiger charge is -2.39. The smallest absolute Gasteiger partial charge is 0.246 e. The minimum Gasteiger partial charge on any atom is -0.364 e. The van der Waals surface area contributed by atoms with Crippen molar-refractivity contribution in [3.05, 3.63) is 0 Å². The van der Waals surface area contributed by atoms with Crippen LogP contribution in [-0.4, -0.2) is 30.7 Å². The van der Waals surface area contributed by atoms with E-state index in [9.17, 15) is 4.79 Å². The third kappa shape index (κ3) is 4.18. The molecular weight excluding hydrogens is 240 g/mol. The van der Waals surface area contributed by atoms with E-state index in [-0.39, 0.29) is 18.1 Å². The molecule has 2 saturated carbocycles. The third-order valence-electron chi connectivity index (χ3n) is 4.65. The van der Waals surface area contributed by atoms with Crippen molar-refractivity contribution in [2.75, 3.05) is 13.2 Å². The number of hydrogen-bond acceptors (Lipinski definition) is 3. The lowest BCUT2D eigenvalue weighted by molar-refractivity contribution is -0.137. The summed E-state index contributed by atoms with van der Waals surface area (Å²) < 4.78 is 5.93. The van der Waals surface area contributed by atoms with E-state index >= 15 is 0 Å². The quantitative estimate of drug-likeness (QED) is 0.801. The molecule has 0 bridgehead atoms. The summed E-state index contributed by atoms with van der Waals surface area (Å²) in [7, 11) is 0. The number of amides is 1. The topological polar surface area (TPSA) is 64.3 Å². The van der Waals surface area contributed by atoms with Crippen LogP contribution >= 0.6 is 0 Å². The average molecular weight is 268 g/mol. The fourth-order valence-corrected chi connectivity index (χ4v) is 3.55. The molecule has 4 nitrogen and oxygen atoms in total. The van der Waals surface area contributed by atoms with Gasteiger partial charge in [-0.3, -0.25) is 4.79 Å². The first-order valence-electron chi connectivity index (χ1n) is 7.77. The summed E-state index contributed by atoms with van der Waals surface area (Å²) in [5.74, 6) is 0.674. The number of nitrogens with one attached hydrogen (secondary N) is 1. The summed E-state index contributed by atoms with van der Waals surface area (Å²) in [5, 5.41) is 3.07. The van der Waals surface area contributed by atoms with Crippen molar-refractivity contribution in [1.29, 1.82) is 0 Å². The van der Waals surface area contributed by atoms with Crippen molar-refractivity contribution >= 4 is 5.91 Å². The molecule has 0 saturated heterocycles. The molecule has 1 amide bonds. The van der Waals surface area contributed by atoms with Gasteiger partial charge in [-0.1, -0.05) is 32.6 Å². The summed E-state index contributed by atoms with van der Waals surface area (Å²) in [5.41, 5.74) is 5.63. The first-order valence-corrected chi connectivity index (χ1v) is 7.77. The van der Waals surface area contributed by atoms with Crippen molar-refractivity contribution in [3.8, 4) is 0 Å². The van der Waals surface area contributed by atoms with E-state index in [2.05, 4.69) is 12.2 Å². The van der Waals surface area contributed by atoms with Crippen LogP contribution in [-0.2, 0) is 9.53 Å². The van der Waals surface area contributed by atoms with Gasteiger partial charge in [0.2, 0.25) is 5.91 Å². The molecule has 2 aliphatic rings. The first-order chi connectivity index (χ1) is 9.13. The molecule has 2 aliphatic carbocycles. The highest BCUT2D eigenvalue weighted by atomic mass is 16.5. The molecule has 110 valence electrons. The van der Waals surface area contributed by atoms with E-state index in [1.165, 1.54) is 19.3 Å². The van der Waals surface area contributed by atoms with Gasteiger partial charge >= 0.3 is 0 Å². The Morgan fingerprint density at radius 3 is 2.68 bits per heavy atom. The highest BCUT2D eigenvalue weighted by Crippen LogP contribution is 2.34. The maximum atomic E-state index is 11.9. The molecule has 0 aromatic carbocycles. The van der Waals surface area contributed by atoms with Gasteiger partial charge in [0.25, 0.3) is 0 Å². The van der Waals surface area contributed by atoms with Crippen molar-refractivity contribution in [3.63, 3.8) is 0 Å². The summed E-state index contributed by atoms with van der Waals surface area (Å²) in [4.78, 5) is 11.9. The van der Waals surface area contributed by atoms with Gasteiger partial charge in [-0.25, -0.2) is 0 Å². The number of carbonyl (C=O) groups excluding carboxylic acids is 1. The molecule has 0 aliphatic heterocycles. The molecule has 2 fully saturated rings. The molecule has 0 spiro atoms. The van der Waals surface area contributed by atoms with Gasteiger partial charge < -0.3 is 15.8 Å². The van der Waals surface area contributed by atoms with Gasteiger partial charge in [0.05, 0.1) is 5.60 Å². The Kier molecular flexibility index (Phi) is 5.22. The van der Waals surface area contributed by atoms with E-state index in [0.29, 0.717) is 18.5 Å². The van der Waals surface area contributed by atoms with Crippen LogP contribution in [0, 0.1) is 5.92 Å². The van der Waals surface area contributed by atoms with Gasteiger partial charge in [0, 0.05) is 12.6 Å². The van der Waals surface area contributed by atoms with Gasteiger partial charge in [0.1, 0.15) is 6.61 Å². The standard InChI is InChI=1S/C15H28N2O2/c1-12-5-4-8-15(9-12,11-16)19-10-14(18)17-13-6-2-3-7-13/h12-13H,2-11,16H2,1H3,(H,17,18). The molecule has 2 unspecified atom stereocenters. The molecule has 3 N–H and O–H groups in total. The van der Waals surface area contributed by atoms with Crippen LogP contribution < -0.4 is 11.1 Å². The maximum Gasteiger partial charge on any atom is 0.246 e. The molecule has 0 heterocycles. The number of carbonyl (C=O) groups is 1. The van der Waals surface area contributed by atoms with Crippen LogP contribution in [0.4, 0.5) is 0 Å². The second-order valence-electron chi connectivity index (χ2n) is 6.43. The van der Waals surface area contributed by atoms with Crippen LogP contribution in [0.2, 0.25) is 0 Å². The second-order valence-corrected chi connectivity index (χ2v) is 6.43. The minimum atomic E-state index is -0.259. The molecule has 0 aromatic heterocycles. The fraction of sp³-hybridized carbons (Fsp3) is 0.933. The van der Waals surface area contributed by atoms with Crippen molar-refractivity contribution in [2.45, 2.75) is 69.9 Å². The Morgan fingerprint density at radius 1 is 1.32 bits per heavy atom. The zero-order valence-electron chi connectivity index (χ0n) is 12.1.